The van der Waals surface area contributed by atoms with Crippen LogP contribution in [-0.4, -0.2) is 40.2 Å². The van der Waals surface area contributed by atoms with Crippen molar-refractivity contribution in [2.24, 2.45) is 5.92 Å². The molecular formula is C18H29NO4. The second-order valence-corrected chi connectivity index (χ2v) is 7.85. The highest BCUT2D eigenvalue weighted by Gasteiger charge is 2.44. The Morgan fingerprint density at radius 1 is 1.04 bits per heavy atom. The van der Waals surface area contributed by atoms with Gasteiger partial charge in [0.2, 0.25) is 0 Å². The molecule has 1 aliphatic heterocycles. The monoisotopic (exact) mass is 323 g/mol. The van der Waals surface area contributed by atoms with Crippen LogP contribution in [0.5, 0.6) is 0 Å². The lowest BCUT2D eigenvalue weighted by Crippen LogP contribution is -2.56. The van der Waals surface area contributed by atoms with E-state index in [4.69, 9.17) is 4.74 Å². The van der Waals surface area contributed by atoms with Crippen molar-refractivity contribution in [3.8, 4) is 0 Å². The Labute approximate surface area is 138 Å². The molecule has 2 unspecified atom stereocenters. The fraction of sp³-hybridized carbons (Fsp3) is 0.833. The Bertz CT molecular complexity index is 462. The lowest BCUT2D eigenvalue weighted by Gasteiger charge is -2.43. The lowest BCUT2D eigenvalue weighted by atomic mass is 9.82. The van der Waals surface area contributed by atoms with Crippen molar-refractivity contribution in [2.45, 2.75) is 90.3 Å². The molecule has 0 aromatic rings. The number of hydrogen-bond acceptors (Lipinski definition) is 4. The van der Waals surface area contributed by atoms with Gasteiger partial charge in [-0.15, -0.1) is 0 Å². The first-order valence-electron chi connectivity index (χ1n) is 8.77. The van der Waals surface area contributed by atoms with Crippen molar-refractivity contribution in [3.63, 3.8) is 0 Å². The molecule has 2 atom stereocenters. The molecule has 1 saturated heterocycles. The molecule has 1 aliphatic carbocycles. The summed E-state index contributed by atoms with van der Waals surface area (Å²) in [7, 11) is 0. The number of ether oxygens (including phenoxy) is 1. The minimum atomic E-state index is -0.659. The molecule has 0 radical (unpaired) electrons. The van der Waals surface area contributed by atoms with Crippen LogP contribution in [0, 0.1) is 5.92 Å². The van der Waals surface area contributed by atoms with Crippen molar-refractivity contribution in [3.05, 3.63) is 0 Å². The average molecular weight is 323 g/mol. The molecule has 0 bridgehead atoms. The van der Waals surface area contributed by atoms with Crippen LogP contribution in [0.3, 0.4) is 0 Å². The highest BCUT2D eigenvalue weighted by molar-refractivity contribution is 6.04. The average Bonchev–Trinajstić information content (AvgIpc) is 2.57. The topological polar surface area (TPSA) is 63.7 Å². The van der Waals surface area contributed by atoms with Gasteiger partial charge in [0.05, 0.1) is 12.0 Å². The van der Waals surface area contributed by atoms with E-state index in [1.165, 1.54) is 0 Å². The number of rotatable bonds is 1. The number of likely N-dealkylation sites (tertiary alicyclic amines) is 1. The minimum absolute atomic E-state index is 0.000147. The molecule has 0 aromatic carbocycles. The molecule has 0 aromatic heterocycles. The molecule has 0 spiro atoms. The zero-order valence-electron chi connectivity index (χ0n) is 14.8. The van der Waals surface area contributed by atoms with Gasteiger partial charge >= 0.3 is 6.09 Å². The maximum Gasteiger partial charge on any atom is 0.410 e. The standard InChI is InChI=1S/C18H29NO4/c1-12-8-7-9-13(19(12)17(22)23-18(2,3)4)16-14(20)10-5-6-11-15(16)21/h12-13,16H,5-11H2,1-4H3. The normalized spacial score (nSPS) is 27.7. The van der Waals surface area contributed by atoms with Crippen LogP contribution >= 0.6 is 0 Å². The van der Waals surface area contributed by atoms with Crippen molar-refractivity contribution in [1.29, 1.82) is 0 Å². The van der Waals surface area contributed by atoms with E-state index in [1.54, 1.807) is 4.90 Å². The third kappa shape index (κ3) is 4.33. The molecule has 0 N–H and O–H groups in total. The number of carbonyl (C=O) groups excluding carboxylic acids is 3. The maximum absolute atomic E-state index is 12.7. The van der Waals surface area contributed by atoms with Crippen molar-refractivity contribution < 1.29 is 19.1 Å². The van der Waals surface area contributed by atoms with E-state index >= 15 is 0 Å². The molecule has 5 nitrogen and oxygen atoms in total. The molecular weight excluding hydrogens is 294 g/mol. The van der Waals surface area contributed by atoms with Crippen LogP contribution in [0.1, 0.15) is 72.6 Å². The van der Waals surface area contributed by atoms with E-state index in [-0.39, 0.29) is 23.7 Å². The van der Waals surface area contributed by atoms with Gasteiger partial charge in [-0.05, 0) is 59.8 Å². The van der Waals surface area contributed by atoms with E-state index in [9.17, 15) is 14.4 Å². The van der Waals surface area contributed by atoms with Crippen LogP contribution in [0.2, 0.25) is 0 Å². The molecule has 2 aliphatic rings. The highest BCUT2D eigenvalue weighted by atomic mass is 16.6. The molecule has 1 saturated carbocycles. The van der Waals surface area contributed by atoms with Crippen molar-refractivity contribution >= 4 is 17.7 Å². The Morgan fingerprint density at radius 3 is 2.13 bits per heavy atom. The summed E-state index contributed by atoms with van der Waals surface area (Å²) >= 11 is 0. The van der Waals surface area contributed by atoms with Gasteiger partial charge in [0, 0.05) is 18.9 Å². The van der Waals surface area contributed by atoms with Crippen LogP contribution in [0.25, 0.3) is 0 Å². The summed E-state index contributed by atoms with van der Waals surface area (Å²) in [6.07, 6.45) is 4.55. The third-order valence-electron chi connectivity index (χ3n) is 4.73. The fourth-order valence-electron chi connectivity index (χ4n) is 3.70. The molecule has 1 heterocycles. The maximum atomic E-state index is 12.7. The number of piperidine rings is 1. The lowest BCUT2D eigenvalue weighted by molar-refractivity contribution is -0.135. The smallest absolute Gasteiger partial charge is 0.410 e. The first-order valence-corrected chi connectivity index (χ1v) is 8.77. The number of hydrogen-bond donors (Lipinski definition) is 0. The third-order valence-corrected chi connectivity index (χ3v) is 4.73. The predicted molar refractivity (Wildman–Crippen MR) is 87.1 cm³/mol. The van der Waals surface area contributed by atoms with Gasteiger partial charge in [-0.2, -0.15) is 0 Å². The second kappa shape index (κ2) is 7.02. The van der Waals surface area contributed by atoms with Gasteiger partial charge < -0.3 is 9.64 Å². The Balaban J connectivity index is 2.27. The number of Topliss-reactive ketones (excluding diaryl/α,β-unsaturated/α-hetero) is 2. The first-order chi connectivity index (χ1) is 10.7. The highest BCUT2D eigenvalue weighted by Crippen LogP contribution is 2.33. The Kier molecular flexibility index (Phi) is 5.48. The number of ketones is 2. The largest absolute Gasteiger partial charge is 0.444 e. The van der Waals surface area contributed by atoms with Crippen molar-refractivity contribution in [2.75, 3.05) is 0 Å². The summed E-state index contributed by atoms with van der Waals surface area (Å²) in [4.78, 5) is 39.3. The van der Waals surface area contributed by atoms with Gasteiger partial charge in [-0.1, -0.05) is 0 Å². The molecule has 2 rings (SSSR count). The molecule has 130 valence electrons. The first kappa shape index (κ1) is 18.0. The molecule has 1 amide bonds. The summed E-state index contributed by atoms with van der Waals surface area (Å²) in [6.45, 7) is 7.46. The SMILES string of the molecule is CC1CCCC(C2C(=O)CCCCC2=O)N1C(=O)OC(C)(C)C. The van der Waals surface area contributed by atoms with Gasteiger partial charge in [0.1, 0.15) is 17.2 Å². The van der Waals surface area contributed by atoms with Gasteiger partial charge in [0.15, 0.2) is 0 Å². The Hall–Kier alpha value is -1.39. The van der Waals surface area contributed by atoms with E-state index < -0.39 is 17.6 Å². The van der Waals surface area contributed by atoms with Crippen LogP contribution < -0.4 is 0 Å². The number of nitrogens with zero attached hydrogens (tertiary/aromatic N) is 1. The van der Waals surface area contributed by atoms with E-state index in [2.05, 4.69) is 0 Å². The molecule has 5 heteroatoms. The van der Waals surface area contributed by atoms with E-state index in [0.717, 1.165) is 25.7 Å². The Morgan fingerprint density at radius 2 is 1.61 bits per heavy atom. The van der Waals surface area contributed by atoms with E-state index in [0.29, 0.717) is 19.3 Å². The van der Waals surface area contributed by atoms with Gasteiger partial charge in [-0.25, -0.2) is 4.79 Å². The van der Waals surface area contributed by atoms with Crippen molar-refractivity contribution in [1.82, 2.24) is 4.90 Å². The predicted octanol–water partition coefficient (Wildman–Crippen LogP) is 3.49. The fourth-order valence-corrected chi connectivity index (χ4v) is 3.70. The summed E-state index contributed by atoms with van der Waals surface area (Å²) in [5, 5.41) is 0. The summed E-state index contributed by atoms with van der Waals surface area (Å²) in [6, 6.07) is -0.348. The molecule has 23 heavy (non-hydrogen) atoms. The van der Waals surface area contributed by atoms with Crippen LogP contribution in [0.4, 0.5) is 4.79 Å². The number of carbonyl (C=O) groups is 3. The number of amides is 1. The van der Waals surface area contributed by atoms with E-state index in [1.807, 2.05) is 27.7 Å². The van der Waals surface area contributed by atoms with Crippen LogP contribution in [-0.2, 0) is 14.3 Å². The zero-order chi connectivity index (χ0) is 17.2. The van der Waals surface area contributed by atoms with Gasteiger partial charge in [0.25, 0.3) is 0 Å². The second-order valence-electron chi connectivity index (χ2n) is 7.85. The minimum Gasteiger partial charge on any atom is -0.444 e. The summed E-state index contributed by atoms with van der Waals surface area (Å²) in [5.41, 5.74) is -0.587. The van der Waals surface area contributed by atoms with Crippen LogP contribution in [0.15, 0.2) is 0 Å². The van der Waals surface area contributed by atoms with Gasteiger partial charge in [-0.3, -0.25) is 9.59 Å². The zero-order valence-corrected chi connectivity index (χ0v) is 14.8. The summed E-state index contributed by atoms with van der Waals surface area (Å²) in [5.74, 6) is -0.659. The molecule has 2 fully saturated rings. The quantitative estimate of drug-likeness (QED) is 0.547. The summed E-state index contributed by atoms with van der Waals surface area (Å²) < 4.78 is 5.53.